The zero-order chi connectivity index (χ0) is 24.7. The molecule has 2 N–H and O–H groups in total. The SMILES string of the molecule is Cc1snc(C#Cc2cc3sc(C4(C(=O)O)CC4)cc3s2)c1NC(=O)OC(C)c1ccccc1Cl. The van der Waals surface area contributed by atoms with E-state index in [4.69, 9.17) is 16.3 Å². The molecule has 35 heavy (non-hydrogen) atoms. The lowest BCUT2D eigenvalue weighted by molar-refractivity contribution is -0.139. The number of thiophene rings is 2. The van der Waals surface area contributed by atoms with E-state index in [-0.39, 0.29) is 0 Å². The number of rotatable bonds is 5. The van der Waals surface area contributed by atoms with Crippen molar-refractivity contribution >= 4 is 73.0 Å². The molecule has 3 heterocycles. The Morgan fingerprint density at radius 1 is 1.20 bits per heavy atom. The summed E-state index contributed by atoms with van der Waals surface area (Å²) in [6, 6.07) is 11.2. The molecule has 0 saturated heterocycles. The van der Waals surface area contributed by atoms with Crippen molar-refractivity contribution in [3.05, 3.63) is 67.3 Å². The van der Waals surface area contributed by atoms with Gasteiger partial charge in [-0.15, -0.1) is 22.7 Å². The zero-order valence-electron chi connectivity index (χ0n) is 18.7. The number of carbonyl (C=O) groups excluding carboxylic acids is 1. The summed E-state index contributed by atoms with van der Waals surface area (Å²) in [7, 11) is 0. The van der Waals surface area contributed by atoms with Gasteiger partial charge in [-0.1, -0.05) is 29.8 Å². The lowest BCUT2D eigenvalue weighted by Crippen LogP contribution is -2.17. The summed E-state index contributed by atoms with van der Waals surface area (Å²) in [4.78, 5) is 26.7. The van der Waals surface area contributed by atoms with Crippen molar-refractivity contribution in [3.63, 3.8) is 0 Å². The highest BCUT2D eigenvalue weighted by atomic mass is 35.5. The molecule has 3 aromatic heterocycles. The molecule has 5 rings (SSSR count). The van der Waals surface area contributed by atoms with E-state index < -0.39 is 23.6 Å². The molecule has 0 radical (unpaired) electrons. The number of carbonyl (C=O) groups is 2. The molecule has 1 atom stereocenters. The Morgan fingerprint density at radius 3 is 2.63 bits per heavy atom. The summed E-state index contributed by atoms with van der Waals surface area (Å²) in [5.41, 5.74) is 1.03. The van der Waals surface area contributed by atoms with Crippen LogP contribution in [-0.2, 0) is 14.9 Å². The summed E-state index contributed by atoms with van der Waals surface area (Å²) in [6.45, 7) is 3.62. The summed E-state index contributed by atoms with van der Waals surface area (Å²) in [5.74, 6) is 5.44. The maximum absolute atomic E-state index is 12.5. The molecule has 1 unspecified atom stereocenters. The van der Waals surface area contributed by atoms with E-state index in [1.807, 2.05) is 37.3 Å². The third-order valence-corrected chi connectivity index (χ3v) is 9.37. The number of nitrogens with zero attached hydrogens (tertiary/aromatic N) is 1. The number of nitrogens with one attached hydrogen (secondary N) is 1. The lowest BCUT2D eigenvalue weighted by Gasteiger charge is -2.15. The van der Waals surface area contributed by atoms with Gasteiger partial charge >= 0.3 is 12.1 Å². The van der Waals surface area contributed by atoms with Gasteiger partial charge in [0.25, 0.3) is 0 Å². The Morgan fingerprint density at radius 2 is 1.94 bits per heavy atom. The number of ether oxygens (including phenoxy) is 1. The Balaban J connectivity index is 1.30. The number of halogens is 1. The average molecular weight is 543 g/mol. The van der Waals surface area contributed by atoms with Gasteiger partial charge in [0.1, 0.15) is 11.5 Å². The molecular formula is C25H19ClN2O4S3. The van der Waals surface area contributed by atoms with E-state index in [0.717, 1.165) is 29.6 Å². The summed E-state index contributed by atoms with van der Waals surface area (Å²) < 4.78 is 11.9. The molecule has 1 fully saturated rings. The van der Waals surface area contributed by atoms with E-state index >= 15 is 0 Å². The van der Waals surface area contributed by atoms with Crippen LogP contribution in [0.4, 0.5) is 10.5 Å². The summed E-state index contributed by atoms with van der Waals surface area (Å²) in [6.07, 6.45) is 0.258. The van der Waals surface area contributed by atoms with Crippen LogP contribution in [0.15, 0.2) is 36.4 Å². The molecule has 1 aliphatic carbocycles. The van der Waals surface area contributed by atoms with E-state index in [2.05, 4.69) is 21.5 Å². The fourth-order valence-corrected chi connectivity index (χ4v) is 7.09. The van der Waals surface area contributed by atoms with Crippen LogP contribution in [0.5, 0.6) is 0 Å². The average Bonchev–Trinajstić information content (AvgIpc) is 3.25. The predicted octanol–water partition coefficient (Wildman–Crippen LogP) is 7.21. The van der Waals surface area contributed by atoms with Crippen LogP contribution in [0.25, 0.3) is 9.40 Å². The first-order valence-electron chi connectivity index (χ1n) is 10.7. The number of aryl methyl sites for hydroxylation is 1. The number of aliphatic carboxylic acids is 1. The van der Waals surface area contributed by atoms with Crippen LogP contribution < -0.4 is 5.32 Å². The third-order valence-electron chi connectivity index (χ3n) is 5.86. The number of carboxylic acids is 1. The van der Waals surface area contributed by atoms with Gasteiger partial charge in [0.05, 0.1) is 10.6 Å². The van der Waals surface area contributed by atoms with Gasteiger partial charge < -0.3 is 9.84 Å². The fraction of sp³-hybridized carbons (Fsp3) is 0.240. The minimum Gasteiger partial charge on any atom is -0.481 e. The second-order valence-corrected chi connectivity index (χ2v) is 11.8. The van der Waals surface area contributed by atoms with Crippen molar-refractivity contribution < 1.29 is 19.4 Å². The molecule has 6 nitrogen and oxygen atoms in total. The predicted molar refractivity (Wildman–Crippen MR) is 141 cm³/mol. The molecule has 1 aromatic carbocycles. The lowest BCUT2D eigenvalue weighted by atomic mass is 10.1. The molecular weight excluding hydrogens is 524 g/mol. The summed E-state index contributed by atoms with van der Waals surface area (Å²) >= 11 is 10.5. The maximum atomic E-state index is 12.5. The topological polar surface area (TPSA) is 88.5 Å². The van der Waals surface area contributed by atoms with Gasteiger partial charge in [0.2, 0.25) is 0 Å². The number of benzene rings is 1. The molecule has 10 heteroatoms. The minimum atomic E-state index is -0.745. The number of amides is 1. The van der Waals surface area contributed by atoms with Gasteiger partial charge in [0, 0.05) is 29.7 Å². The number of aromatic nitrogens is 1. The van der Waals surface area contributed by atoms with Crippen LogP contribution in [0.1, 0.15) is 51.8 Å². The molecule has 0 spiro atoms. The number of hydrogen-bond acceptors (Lipinski definition) is 7. The number of anilines is 1. The Kier molecular flexibility index (Phi) is 6.32. The van der Waals surface area contributed by atoms with Crippen molar-refractivity contribution in [1.82, 2.24) is 4.37 Å². The number of carboxylic acid groups (broad SMARTS) is 1. The van der Waals surface area contributed by atoms with E-state index in [1.165, 1.54) is 34.2 Å². The molecule has 4 aromatic rings. The largest absolute Gasteiger partial charge is 0.481 e. The quantitative estimate of drug-likeness (QED) is 0.260. The van der Waals surface area contributed by atoms with Crippen LogP contribution >= 0.6 is 45.8 Å². The second-order valence-electron chi connectivity index (χ2n) is 8.24. The molecule has 178 valence electrons. The maximum Gasteiger partial charge on any atom is 0.412 e. The van der Waals surface area contributed by atoms with E-state index in [1.54, 1.807) is 13.0 Å². The summed E-state index contributed by atoms with van der Waals surface area (Å²) in [5, 5.41) is 12.8. The van der Waals surface area contributed by atoms with Crippen LogP contribution in [0.2, 0.25) is 5.02 Å². The van der Waals surface area contributed by atoms with Gasteiger partial charge in [-0.2, -0.15) is 4.37 Å². The van der Waals surface area contributed by atoms with Crippen molar-refractivity contribution in [2.24, 2.45) is 0 Å². The van der Waals surface area contributed by atoms with E-state index in [0.29, 0.717) is 29.2 Å². The normalized spacial score (nSPS) is 14.7. The van der Waals surface area contributed by atoms with Crippen LogP contribution in [0, 0.1) is 18.8 Å². The minimum absolute atomic E-state index is 0.468. The molecule has 1 saturated carbocycles. The van der Waals surface area contributed by atoms with Gasteiger partial charge in [0.15, 0.2) is 5.69 Å². The third kappa shape index (κ3) is 4.67. The van der Waals surface area contributed by atoms with Crippen LogP contribution in [-0.4, -0.2) is 21.5 Å². The van der Waals surface area contributed by atoms with E-state index in [9.17, 15) is 14.7 Å². The molecule has 0 bridgehead atoms. The van der Waals surface area contributed by atoms with Crippen molar-refractivity contribution in [2.45, 2.75) is 38.2 Å². The first-order valence-corrected chi connectivity index (χ1v) is 13.5. The zero-order valence-corrected chi connectivity index (χ0v) is 21.9. The van der Waals surface area contributed by atoms with Crippen molar-refractivity contribution in [2.75, 3.05) is 5.32 Å². The standard InChI is InChI=1S/C25H19ClN2O4S3/c1-13(16-5-3-4-6-17(16)26)32-24(31)27-22-14(2)35-28-18(22)8-7-15-11-19-20(33-15)12-21(34-19)25(9-10-25)23(29)30/h3-6,11-13H,9-10H2,1-2H3,(H,27,31)(H,29,30). The van der Waals surface area contributed by atoms with Gasteiger partial charge in [-0.05, 0) is 68.3 Å². The number of hydrogen-bond donors (Lipinski definition) is 2. The second kappa shape index (κ2) is 9.28. The van der Waals surface area contributed by atoms with Crippen LogP contribution in [0.3, 0.4) is 0 Å². The first kappa shape index (κ1) is 23.8. The van der Waals surface area contributed by atoms with Crippen molar-refractivity contribution in [3.8, 4) is 11.8 Å². The highest BCUT2D eigenvalue weighted by Gasteiger charge is 2.53. The first-order chi connectivity index (χ1) is 16.8. The highest BCUT2D eigenvalue weighted by molar-refractivity contribution is 7.28. The Bertz CT molecular complexity index is 1490. The van der Waals surface area contributed by atoms with Gasteiger partial charge in [-0.3, -0.25) is 10.1 Å². The number of fused-ring (bicyclic) bond motifs is 1. The Hall–Kier alpha value is -2.90. The Labute approximate surface area is 218 Å². The smallest absolute Gasteiger partial charge is 0.412 e. The monoisotopic (exact) mass is 542 g/mol. The molecule has 0 aliphatic heterocycles. The highest BCUT2D eigenvalue weighted by Crippen LogP contribution is 2.52. The fourth-order valence-electron chi connectivity index (χ4n) is 3.71. The van der Waals surface area contributed by atoms with Gasteiger partial charge in [-0.25, -0.2) is 4.79 Å². The molecule has 1 aliphatic rings. The molecule has 1 amide bonds. The van der Waals surface area contributed by atoms with Crippen molar-refractivity contribution in [1.29, 1.82) is 0 Å².